The molecule has 39 heavy (non-hydrogen) atoms. The number of fused-ring (bicyclic) bond motifs is 1. The van der Waals surface area contributed by atoms with Gasteiger partial charge in [-0.1, -0.05) is 32.0 Å². The fraction of sp³-hybridized carbons (Fsp3) is 0.500. The molecule has 214 valence electrons. The molecule has 0 bridgehead atoms. The van der Waals surface area contributed by atoms with Gasteiger partial charge in [0.2, 0.25) is 23.6 Å². The normalized spacial score (nSPS) is 15.1. The van der Waals surface area contributed by atoms with Crippen molar-refractivity contribution in [3.05, 3.63) is 36.0 Å². The van der Waals surface area contributed by atoms with Crippen molar-refractivity contribution in [2.24, 2.45) is 17.4 Å². The first-order chi connectivity index (χ1) is 18.3. The number of primary amides is 1. The highest BCUT2D eigenvalue weighted by Crippen LogP contribution is 2.19. The Hall–Kier alpha value is -3.97. The SMILES string of the molecule is CC(C)CC(NC(=O)C(N)CCC(N)=O)C(=O)NC(Cc1c[nH]c2ccccc12)C(=O)NC(C(=O)O)C(C)O. The number of amides is 4. The zero-order chi connectivity index (χ0) is 29.3. The number of aromatic amines is 1. The highest BCUT2D eigenvalue weighted by Gasteiger charge is 2.32. The molecular weight excluding hydrogens is 508 g/mol. The van der Waals surface area contributed by atoms with E-state index in [0.29, 0.717) is 5.56 Å². The van der Waals surface area contributed by atoms with Crippen molar-refractivity contribution in [1.82, 2.24) is 20.9 Å². The lowest BCUT2D eigenvalue weighted by molar-refractivity contribution is -0.145. The highest BCUT2D eigenvalue weighted by atomic mass is 16.4. The third-order valence-corrected chi connectivity index (χ3v) is 6.16. The highest BCUT2D eigenvalue weighted by molar-refractivity contribution is 5.95. The summed E-state index contributed by atoms with van der Waals surface area (Å²) in [5, 5.41) is 27.6. The lowest BCUT2D eigenvalue weighted by Gasteiger charge is -2.26. The molecule has 1 aromatic heterocycles. The molecule has 2 aromatic rings. The maximum atomic E-state index is 13.4. The second kappa shape index (κ2) is 14.3. The molecule has 5 atom stereocenters. The number of rotatable bonds is 15. The summed E-state index contributed by atoms with van der Waals surface area (Å²) in [7, 11) is 0. The van der Waals surface area contributed by atoms with Gasteiger partial charge in [0, 0.05) is 29.9 Å². The van der Waals surface area contributed by atoms with Crippen molar-refractivity contribution in [1.29, 1.82) is 0 Å². The van der Waals surface area contributed by atoms with Gasteiger partial charge in [-0.25, -0.2) is 4.79 Å². The van der Waals surface area contributed by atoms with Gasteiger partial charge in [-0.05, 0) is 37.3 Å². The average molecular weight is 547 g/mol. The van der Waals surface area contributed by atoms with Crippen LogP contribution in [0, 0.1) is 5.92 Å². The molecule has 0 saturated carbocycles. The molecule has 0 saturated heterocycles. The molecule has 13 heteroatoms. The van der Waals surface area contributed by atoms with Gasteiger partial charge in [0.05, 0.1) is 12.1 Å². The van der Waals surface area contributed by atoms with Crippen molar-refractivity contribution in [3.8, 4) is 0 Å². The van der Waals surface area contributed by atoms with Gasteiger partial charge in [-0.3, -0.25) is 19.2 Å². The van der Waals surface area contributed by atoms with Crippen LogP contribution in [0.15, 0.2) is 30.5 Å². The lowest BCUT2D eigenvalue weighted by Crippen LogP contribution is -2.59. The first-order valence-corrected chi connectivity index (χ1v) is 12.7. The average Bonchev–Trinajstić information content (AvgIpc) is 3.26. The predicted molar refractivity (Wildman–Crippen MR) is 143 cm³/mol. The number of carboxylic acid groups (broad SMARTS) is 1. The van der Waals surface area contributed by atoms with Crippen LogP contribution in [0.4, 0.5) is 0 Å². The molecule has 0 aliphatic carbocycles. The Morgan fingerprint density at radius 2 is 1.56 bits per heavy atom. The monoisotopic (exact) mass is 546 g/mol. The van der Waals surface area contributed by atoms with E-state index in [1.807, 2.05) is 38.1 Å². The maximum absolute atomic E-state index is 13.4. The maximum Gasteiger partial charge on any atom is 0.328 e. The first kappa shape index (κ1) is 31.2. The number of aliphatic hydroxyl groups excluding tert-OH is 1. The number of nitrogens with two attached hydrogens (primary N) is 2. The van der Waals surface area contributed by atoms with Crippen molar-refractivity contribution >= 4 is 40.5 Å². The number of carbonyl (C=O) groups excluding carboxylic acids is 4. The van der Waals surface area contributed by atoms with Crippen LogP contribution in [-0.2, 0) is 30.4 Å². The summed E-state index contributed by atoms with van der Waals surface area (Å²) in [5.74, 6) is -4.24. The molecule has 1 aromatic carbocycles. The Balaban J connectivity index is 2.30. The van der Waals surface area contributed by atoms with Gasteiger partial charge < -0.3 is 42.6 Å². The van der Waals surface area contributed by atoms with Crippen molar-refractivity contribution in [2.45, 2.75) is 76.7 Å². The molecule has 2 rings (SSSR count). The Bertz CT molecular complexity index is 1180. The Morgan fingerprint density at radius 1 is 0.949 bits per heavy atom. The van der Waals surface area contributed by atoms with E-state index in [9.17, 15) is 34.2 Å². The fourth-order valence-electron chi connectivity index (χ4n) is 4.06. The number of benzene rings is 1. The quantitative estimate of drug-likeness (QED) is 0.142. The van der Waals surface area contributed by atoms with Gasteiger partial charge >= 0.3 is 5.97 Å². The van der Waals surface area contributed by atoms with E-state index >= 15 is 0 Å². The lowest BCUT2D eigenvalue weighted by atomic mass is 10.00. The standard InChI is InChI=1S/C26H38N6O7/c1-13(2)10-19(30-23(35)17(27)8-9-21(28)34)24(36)31-20(25(37)32-22(14(3)33)26(38)39)11-15-12-29-18-7-5-4-6-16(15)18/h4-7,12-14,17,19-20,22,29,33H,8-11,27H2,1-3H3,(H2,28,34)(H,30,35)(H,31,36)(H,32,37)(H,38,39). The van der Waals surface area contributed by atoms with Crippen LogP contribution in [-0.4, -0.2) is 75.1 Å². The Labute approximate surface area is 226 Å². The summed E-state index contributed by atoms with van der Waals surface area (Å²) in [6, 6.07) is 2.34. The van der Waals surface area contributed by atoms with E-state index < -0.39 is 59.9 Å². The molecule has 0 aliphatic rings. The van der Waals surface area contributed by atoms with Gasteiger partial charge in [0.15, 0.2) is 6.04 Å². The first-order valence-electron chi connectivity index (χ1n) is 12.7. The summed E-state index contributed by atoms with van der Waals surface area (Å²) in [6.45, 7) is 4.91. The minimum atomic E-state index is -1.60. The number of hydrogen-bond acceptors (Lipinski definition) is 7. The van der Waals surface area contributed by atoms with Crippen LogP contribution in [0.1, 0.15) is 45.6 Å². The molecule has 13 nitrogen and oxygen atoms in total. The molecule has 0 spiro atoms. The second-order valence-electron chi connectivity index (χ2n) is 9.99. The van der Waals surface area contributed by atoms with Crippen molar-refractivity contribution in [2.75, 3.05) is 0 Å². The third kappa shape index (κ3) is 9.37. The Morgan fingerprint density at radius 3 is 2.15 bits per heavy atom. The number of nitrogens with one attached hydrogen (secondary N) is 4. The molecular formula is C26H38N6O7. The zero-order valence-corrected chi connectivity index (χ0v) is 22.3. The van der Waals surface area contributed by atoms with Gasteiger partial charge in [-0.15, -0.1) is 0 Å². The van der Waals surface area contributed by atoms with Crippen LogP contribution in [0.2, 0.25) is 0 Å². The van der Waals surface area contributed by atoms with Crippen LogP contribution < -0.4 is 27.4 Å². The summed E-state index contributed by atoms with van der Waals surface area (Å²) < 4.78 is 0. The minimum absolute atomic E-state index is 0.00129. The number of aliphatic carboxylic acids is 1. The number of carbonyl (C=O) groups is 5. The van der Waals surface area contributed by atoms with E-state index in [4.69, 9.17) is 11.5 Å². The van der Waals surface area contributed by atoms with Crippen molar-refractivity contribution in [3.63, 3.8) is 0 Å². The summed E-state index contributed by atoms with van der Waals surface area (Å²) in [6.07, 6.45) is 0.396. The van der Waals surface area contributed by atoms with Crippen LogP contribution in [0.25, 0.3) is 10.9 Å². The molecule has 0 radical (unpaired) electrons. The number of hydrogen-bond donors (Lipinski definition) is 8. The Kier molecular flexibility index (Phi) is 11.4. The molecule has 1 heterocycles. The van der Waals surface area contributed by atoms with E-state index in [1.165, 1.54) is 6.92 Å². The van der Waals surface area contributed by atoms with Crippen molar-refractivity contribution < 1.29 is 34.2 Å². The number of para-hydroxylation sites is 1. The zero-order valence-electron chi connectivity index (χ0n) is 22.3. The second-order valence-corrected chi connectivity index (χ2v) is 9.99. The van der Waals surface area contributed by atoms with E-state index in [-0.39, 0.29) is 31.6 Å². The molecule has 10 N–H and O–H groups in total. The smallest absolute Gasteiger partial charge is 0.328 e. The van der Waals surface area contributed by atoms with Crippen LogP contribution in [0.3, 0.4) is 0 Å². The van der Waals surface area contributed by atoms with Gasteiger partial charge in [0.1, 0.15) is 12.1 Å². The number of carboxylic acids is 1. The molecule has 5 unspecified atom stereocenters. The topological polar surface area (TPSA) is 230 Å². The summed E-state index contributed by atoms with van der Waals surface area (Å²) in [4.78, 5) is 64.9. The largest absolute Gasteiger partial charge is 0.480 e. The van der Waals surface area contributed by atoms with Crippen LogP contribution in [0.5, 0.6) is 0 Å². The predicted octanol–water partition coefficient (Wildman–Crippen LogP) is -0.731. The van der Waals surface area contributed by atoms with E-state index in [1.54, 1.807) is 6.20 Å². The van der Waals surface area contributed by atoms with E-state index in [0.717, 1.165) is 10.9 Å². The third-order valence-electron chi connectivity index (χ3n) is 6.16. The minimum Gasteiger partial charge on any atom is -0.480 e. The summed E-state index contributed by atoms with van der Waals surface area (Å²) >= 11 is 0. The molecule has 4 amide bonds. The van der Waals surface area contributed by atoms with Crippen LogP contribution >= 0.6 is 0 Å². The molecule has 0 fully saturated rings. The number of aliphatic hydroxyl groups is 1. The van der Waals surface area contributed by atoms with Gasteiger partial charge in [-0.2, -0.15) is 0 Å². The van der Waals surface area contributed by atoms with Gasteiger partial charge in [0.25, 0.3) is 0 Å². The number of H-pyrrole nitrogens is 1. The van der Waals surface area contributed by atoms with E-state index in [2.05, 4.69) is 20.9 Å². The number of aromatic nitrogens is 1. The molecule has 0 aliphatic heterocycles. The fourth-order valence-corrected chi connectivity index (χ4v) is 4.06. The summed E-state index contributed by atoms with van der Waals surface area (Å²) in [5.41, 5.74) is 12.5.